The number of phenols is 1. The van der Waals surface area contributed by atoms with Gasteiger partial charge in [0.1, 0.15) is 5.75 Å². The van der Waals surface area contributed by atoms with Crippen molar-refractivity contribution in [1.29, 1.82) is 0 Å². The minimum atomic E-state index is 0.297. The highest BCUT2D eigenvalue weighted by Gasteiger charge is 2.23. The molecular formula is C20H18O3. The molecule has 0 spiro atoms. The largest absolute Gasteiger partial charge is 0.507 e. The van der Waals surface area contributed by atoms with Gasteiger partial charge in [-0.15, -0.1) is 0 Å². The smallest absolute Gasteiger partial charge is 0.168 e. The lowest BCUT2D eigenvalue weighted by molar-refractivity contribution is 0.358. The third kappa shape index (κ3) is 1.96. The van der Waals surface area contributed by atoms with Crippen LogP contribution in [0, 0.1) is 0 Å². The van der Waals surface area contributed by atoms with E-state index in [9.17, 15) is 5.11 Å². The van der Waals surface area contributed by atoms with E-state index in [1.807, 2.05) is 12.1 Å². The van der Waals surface area contributed by atoms with Gasteiger partial charge < -0.3 is 14.6 Å². The first-order chi connectivity index (χ1) is 11.2. The maximum absolute atomic E-state index is 10.7. The number of benzene rings is 3. The van der Waals surface area contributed by atoms with Gasteiger partial charge >= 0.3 is 0 Å². The average molecular weight is 306 g/mol. The van der Waals surface area contributed by atoms with Crippen molar-refractivity contribution in [2.75, 3.05) is 14.2 Å². The first kappa shape index (κ1) is 13.9. The second kappa shape index (κ2) is 5.20. The molecule has 0 amide bonds. The Kier molecular flexibility index (Phi) is 3.15. The molecule has 3 heteroatoms. The summed E-state index contributed by atoms with van der Waals surface area (Å²) in [5.74, 6) is 1.64. The molecule has 1 aliphatic rings. The quantitative estimate of drug-likeness (QED) is 0.766. The minimum Gasteiger partial charge on any atom is -0.507 e. The van der Waals surface area contributed by atoms with Crippen LogP contribution in [0.1, 0.15) is 11.1 Å². The summed E-state index contributed by atoms with van der Waals surface area (Å²) in [7, 11) is 3.25. The van der Waals surface area contributed by atoms with Crippen LogP contribution in [0.4, 0.5) is 0 Å². The number of aryl methyl sites for hydroxylation is 2. The Labute approximate surface area is 135 Å². The second-order valence-corrected chi connectivity index (χ2v) is 5.80. The van der Waals surface area contributed by atoms with Crippen LogP contribution in [0.2, 0.25) is 0 Å². The molecular weight excluding hydrogens is 288 g/mol. The van der Waals surface area contributed by atoms with E-state index < -0.39 is 0 Å². The number of phenolic OH excluding ortho intramolecular Hbond substituents is 1. The third-order valence-corrected chi connectivity index (χ3v) is 4.68. The van der Waals surface area contributed by atoms with Crippen molar-refractivity contribution >= 4 is 10.8 Å². The summed E-state index contributed by atoms with van der Waals surface area (Å²) in [5.41, 5.74) is 4.55. The summed E-state index contributed by atoms with van der Waals surface area (Å²) in [6.07, 6.45) is 1.89. The van der Waals surface area contributed by atoms with Gasteiger partial charge in [-0.2, -0.15) is 0 Å². The number of rotatable bonds is 2. The van der Waals surface area contributed by atoms with Crippen molar-refractivity contribution in [2.24, 2.45) is 0 Å². The predicted octanol–water partition coefficient (Wildman–Crippen LogP) is 4.33. The molecule has 0 radical (unpaired) electrons. The van der Waals surface area contributed by atoms with E-state index >= 15 is 0 Å². The van der Waals surface area contributed by atoms with Gasteiger partial charge in [-0.05, 0) is 47.1 Å². The molecule has 1 N–H and O–H groups in total. The zero-order chi connectivity index (χ0) is 16.0. The van der Waals surface area contributed by atoms with Gasteiger partial charge in [0, 0.05) is 10.9 Å². The molecule has 3 nitrogen and oxygen atoms in total. The Balaban J connectivity index is 2.09. The Hall–Kier alpha value is -2.68. The topological polar surface area (TPSA) is 38.7 Å². The van der Waals surface area contributed by atoms with Gasteiger partial charge in [0.05, 0.1) is 14.2 Å². The number of methoxy groups -OCH3 is 2. The first-order valence-corrected chi connectivity index (χ1v) is 7.72. The number of ether oxygens (including phenoxy) is 2. The third-order valence-electron chi connectivity index (χ3n) is 4.68. The average Bonchev–Trinajstić information content (AvgIpc) is 2.60. The maximum Gasteiger partial charge on any atom is 0.168 e. The molecule has 4 rings (SSSR count). The van der Waals surface area contributed by atoms with Crippen LogP contribution in [0.5, 0.6) is 17.2 Å². The molecule has 116 valence electrons. The fraction of sp³-hybridized carbons (Fsp3) is 0.200. The maximum atomic E-state index is 10.7. The van der Waals surface area contributed by atoms with E-state index in [1.54, 1.807) is 20.3 Å². The monoisotopic (exact) mass is 306 g/mol. The van der Waals surface area contributed by atoms with Crippen LogP contribution in [0.25, 0.3) is 21.9 Å². The lowest BCUT2D eigenvalue weighted by Crippen LogP contribution is -2.05. The molecule has 0 bridgehead atoms. The van der Waals surface area contributed by atoms with Crippen molar-refractivity contribution in [2.45, 2.75) is 12.8 Å². The molecule has 0 unspecified atom stereocenters. The first-order valence-electron chi connectivity index (χ1n) is 7.72. The van der Waals surface area contributed by atoms with E-state index in [2.05, 4.69) is 24.3 Å². The van der Waals surface area contributed by atoms with E-state index in [1.165, 1.54) is 11.1 Å². The fourth-order valence-corrected chi connectivity index (χ4v) is 3.66. The standard InChI is InChI=1S/C20H18O3/c1-22-18-10-9-14-15-8-7-12-5-3-4-6-13(12)19(15)17(21)11-16(14)20(18)23-2/h3-6,9-11,21H,7-8H2,1-2H3. The highest BCUT2D eigenvalue weighted by molar-refractivity contribution is 6.00. The Morgan fingerprint density at radius 2 is 1.74 bits per heavy atom. The van der Waals surface area contributed by atoms with Crippen LogP contribution in [0.3, 0.4) is 0 Å². The highest BCUT2D eigenvalue weighted by atomic mass is 16.5. The normalized spacial score (nSPS) is 12.6. The van der Waals surface area contributed by atoms with Gasteiger partial charge in [-0.3, -0.25) is 0 Å². The molecule has 0 saturated heterocycles. The van der Waals surface area contributed by atoms with Crippen molar-refractivity contribution in [3.05, 3.63) is 53.6 Å². The van der Waals surface area contributed by atoms with Crippen molar-refractivity contribution < 1.29 is 14.6 Å². The second-order valence-electron chi connectivity index (χ2n) is 5.80. The molecule has 0 atom stereocenters. The summed E-state index contributed by atoms with van der Waals surface area (Å²) in [6, 6.07) is 14.1. The van der Waals surface area contributed by atoms with E-state index in [4.69, 9.17) is 9.47 Å². The van der Waals surface area contributed by atoms with E-state index in [0.717, 1.165) is 34.7 Å². The van der Waals surface area contributed by atoms with Gasteiger partial charge in [0.25, 0.3) is 0 Å². The summed E-state index contributed by atoms with van der Waals surface area (Å²) in [6.45, 7) is 0. The van der Waals surface area contributed by atoms with Gasteiger partial charge in [-0.1, -0.05) is 30.3 Å². The number of hydrogen-bond donors (Lipinski definition) is 1. The van der Waals surface area contributed by atoms with Crippen molar-refractivity contribution in [3.8, 4) is 28.4 Å². The molecule has 23 heavy (non-hydrogen) atoms. The molecule has 0 aromatic heterocycles. The Morgan fingerprint density at radius 3 is 2.52 bits per heavy atom. The number of aromatic hydroxyl groups is 1. The molecule has 3 aromatic rings. The van der Waals surface area contributed by atoms with E-state index in [-0.39, 0.29) is 0 Å². The van der Waals surface area contributed by atoms with Crippen LogP contribution in [0.15, 0.2) is 42.5 Å². The van der Waals surface area contributed by atoms with Gasteiger partial charge in [0.15, 0.2) is 11.5 Å². The van der Waals surface area contributed by atoms with E-state index in [0.29, 0.717) is 17.2 Å². The minimum absolute atomic E-state index is 0.297. The van der Waals surface area contributed by atoms with Crippen LogP contribution in [-0.2, 0) is 12.8 Å². The zero-order valence-corrected chi connectivity index (χ0v) is 13.2. The highest BCUT2D eigenvalue weighted by Crippen LogP contribution is 2.47. The van der Waals surface area contributed by atoms with Gasteiger partial charge in [-0.25, -0.2) is 0 Å². The summed E-state index contributed by atoms with van der Waals surface area (Å²) in [5, 5.41) is 12.7. The molecule has 1 aliphatic carbocycles. The molecule has 0 aliphatic heterocycles. The lowest BCUT2D eigenvalue weighted by Gasteiger charge is -2.23. The predicted molar refractivity (Wildman–Crippen MR) is 91.6 cm³/mol. The summed E-state index contributed by atoms with van der Waals surface area (Å²) in [4.78, 5) is 0. The number of fused-ring (bicyclic) bond motifs is 5. The molecule has 3 aromatic carbocycles. The Bertz CT molecular complexity index is 912. The number of hydrogen-bond acceptors (Lipinski definition) is 3. The van der Waals surface area contributed by atoms with Crippen LogP contribution in [-0.4, -0.2) is 19.3 Å². The SMILES string of the molecule is COc1ccc2c3c(c(O)cc2c1OC)-c1ccccc1CC3. The van der Waals surface area contributed by atoms with Gasteiger partial charge in [0.2, 0.25) is 0 Å². The zero-order valence-electron chi connectivity index (χ0n) is 13.2. The van der Waals surface area contributed by atoms with Crippen molar-refractivity contribution in [1.82, 2.24) is 0 Å². The molecule has 0 heterocycles. The molecule has 0 saturated carbocycles. The van der Waals surface area contributed by atoms with Crippen LogP contribution < -0.4 is 9.47 Å². The van der Waals surface area contributed by atoms with Crippen LogP contribution >= 0.6 is 0 Å². The summed E-state index contributed by atoms with van der Waals surface area (Å²) < 4.78 is 10.9. The fourth-order valence-electron chi connectivity index (χ4n) is 3.66. The molecule has 0 fully saturated rings. The van der Waals surface area contributed by atoms with Crippen molar-refractivity contribution in [3.63, 3.8) is 0 Å². The Morgan fingerprint density at radius 1 is 0.913 bits per heavy atom. The lowest BCUT2D eigenvalue weighted by atomic mass is 9.82. The summed E-state index contributed by atoms with van der Waals surface area (Å²) >= 11 is 0.